The van der Waals surface area contributed by atoms with E-state index in [1.54, 1.807) is 0 Å². The maximum atomic E-state index is 6.10. The molecule has 2 heterocycles. The van der Waals surface area contributed by atoms with Crippen LogP contribution < -0.4 is 16.0 Å². The van der Waals surface area contributed by atoms with Crippen LogP contribution in [0, 0.1) is 6.92 Å². The molecule has 5 heteroatoms. The van der Waals surface area contributed by atoms with Crippen molar-refractivity contribution in [3.63, 3.8) is 0 Å². The Morgan fingerprint density at radius 3 is 2.30 bits per heavy atom. The number of nitrogens with zero attached hydrogens (tertiary/aromatic N) is 3. The molecule has 0 unspecified atom stereocenters. The van der Waals surface area contributed by atoms with E-state index in [4.69, 9.17) is 5.73 Å². The lowest BCUT2D eigenvalue weighted by Gasteiger charge is -2.30. The zero-order chi connectivity index (χ0) is 18.6. The summed E-state index contributed by atoms with van der Waals surface area (Å²) >= 11 is 0. The molecule has 0 atom stereocenters. The minimum atomic E-state index is 0.296. The second-order valence-electron chi connectivity index (χ2n) is 7.03. The van der Waals surface area contributed by atoms with Gasteiger partial charge < -0.3 is 16.0 Å². The van der Waals surface area contributed by atoms with Gasteiger partial charge >= 0.3 is 0 Å². The predicted octanol–water partition coefficient (Wildman–Crippen LogP) is 4.77. The van der Waals surface area contributed by atoms with Gasteiger partial charge in [0.1, 0.15) is 11.6 Å². The Balaban J connectivity index is 1.83. The van der Waals surface area contributed by atoms with Crippen LogP contribution in [0.5, 0.6) is 0 Å². The van der Waals surface area contributed by atoms with Crippen LogP contribution in [0.2, 0.25) is 0 Å². The maximum Gasteiger partial charge on any atom is 0.223 e. The minimum absolute atomic E-state index is 0.296. The van der Waals surface area contributed by atoms with Crippen molar-refractivity contribution in [3.8, 4) is 11.1 Å². The van der Waals surface area contributed by atoms with Crippen LogP contribution in [0.3, 0.4) is 0 Å². The zero-order valence-electron chi connectivity index (χ0n) is 15.7. The normalized spacial score (nSPS) is 14.2. The fraction of sp³-hybridized carbons (Fsp3) is 0.273. The van der Waals surface area contributed by atoms with Gasteiger partial charge in [-0.25, -0.2) is 0 Å². The van der Waals surface area contributed by atoms with E-state index in [9.17, 15) is 0 Å². The summed E-state index contributed by atoms with van der Waals surface area (Å²) in [5.41, 5.74) is 10.4. The first kappa shape index (κ1) is 17.3. The molecule has 3 aromatic rings. The van der Waals surface area contributed by atoms with Gasteiger partial charge in [-0.2, -0.15) is 9.97 Å². The second kappa shape index (κ2) is 7.66. The van der Waals surface area contributed by atoms with Gasteiger partial charge in [0.25, 0.3) is 0 Å². The van der Waals surface area contributed by atoms with Crippen molar-refractivity contribution in [2.75, 3.05) is 29.0 Å². The molecule has 0 amide bonds. The zero-order valence-corrected chi connectivity index (χ0v) is 15.7. The van der Waals surface area contributed by atoms with Crippen LogP contribution in [0.25, 0.3) is 11.1 Å². The molecule has 4 rings (SSSR count). The highest BCUT2D eigenvalue weighted by atomic mass is 15.2. The highest BCUT2D eigenvalue weighted by Crippen LogP contribution is 2.37. The molecular weight excluding hydrogens is 334 g/mol. The van der Waals surface area contributed by atoms with Gasteiger partial charge in [0.05, 0.1) is 5.56 Å². The van der Waals surface area contributed by atoms with E-state index in [1.807, 2.05) is 18.2 Å². The van der Waals surface area contributed by atoms with Crippen molar-refractivity contribution in [1.82, 2.24) is 9.97 Å². The van der Waals surface area contributed by atoms with Gasteiger partial charge in [0.2, 0.25) is 5.95 Å². The highest BCUT2D eigenvalue weighted by molar-refractivity contribution is 5.88. The highest BCUT2D eigenvalue weighted by Gasteiger charge is 2.22. The van der Waals surface area contributed by atoms with Crippen LogP contribution >= 0.6 is 0 Å². The first-order valence-corrected chi connectivity index (χ1v) is 9.52. The molecule has 1 aromatic heterocycles. The predicted molar refractivity (Wildman–Crippen MR) is 112 cm³/mol. The molecule has 138 valence electrons. The average Bonchev–Trinajstić information content (AvgIpc) is 2.71. The fourth-order valence-corrected chi connectivity index (χ4v) is 3.53. The molecule has 0 radical (unpaired) electrons. The van der Waals surface area contributed by atoms with E-state index in [0.717, 1.165) is 41.5 Å². The number of nitrogens with two attached hydrogens (primary N) is 1. The van der Waals surface area contributed by atoms with Crippen LogP contribution in [0.15, 0.2) is 54.6 Å². The van der Waals surface area contributed by atoms with Crippen LogP contribution in [-0.4, -0.2) is 23.1 Å². The lowest BCUT2D eigenvalue weighted by atomic mass is 10.0. The molecule has 0 bridgehead atoms. The molecule has 27 heavy (non-hydrogen) atoms. The third-order valence-electron chi connectivity index (χ3n) is 4.94. The Kier molecular flexibility index (Phi) is 4.92. The van der Waals surface area contributed by atoms with Gasteiger partial charge in [-0.3, -0.25) is 0 Å². The number of piperidine rings is 1. The Hall–Kier alpha value is -3.08. The van der Waals surface area contributed by atoms with Gasteiger partial charge in [-0.1, -0.05) is 48.0 Å². The standard InChI is InChI=1S/C22H25N5/c1-16-10-12-18(13-11-16)24-20-19(17-8-4-2-5-9-17)21(26-22(23)25-20)27-14-6-3-7-15-27/h2,4-5,8-13H,3,6-7,14-15H2,1H3,(H3,23,24,25,26). The maximum absolute atomic E-state index is 6.10. The van der Waals surface area contributed by atoms with Crippen LogP contribution in [0.1, 0.15) is 24.8 Å². The van der Waals surface area contributed by atoms with E-state index in [-0.39, 0.29) is 0 Å². The van der Waals surface area contributed by atoms with E-state index in [2.05, 4.69) is 63.5 Å². The lowest BCUT2D eigenvalue weighted by Crippen LogP contribution is -2.31. The Labute approximate surface area is 160 Å². The number of anilines is 4. The fourth-order valence-electron chi connectivity index (χ4n) is 3.53. The molecule has 1 fully saturated rings. The Morgan fingerprint density at radius 2 is 1.59 bits per heavy atom. The first-order valence-electron chi connectivity index (χ1n) is 9.52. The number of benzene rings is 2. The quantitative estimate of drug-likeness (QED) is 0.702. The van der Waals surface area contributed by atoms with E-state index >= 15 is 0 Å². The average molecular weight is 359 g/mol. The molecule has 0 saturated carbocycles. The van der Waals surface area contributed by atoms with Crippen molar-refractivity contribution in [2.45, 2.75) is 26.2 Å². The van der Waals surface area contributed by atoms with Crippen molar-refractivity contribution in [1.29, 1.82) is 0 Å². The lowest BCUT2D eigenvalue weighted by molar-refractivity contribution is 0.574. The molecule has 2 aromatic carbocycles. The summed E-state index contributed by atoms with van der Waals surface area (Å²) in [6.45, 7) is 4.08. The van der Waals surface area contributed by atoms with Crippen LogP contribution in [-0.2, 0) is 0 Å². The summed E-state index contributed by atoms with van der Waals surface area (Å²) < 4.78 is 0. The van der Waals surface area contributed by atoms with Gasteiger partial charge in [0.15, 0.2) is 0 Å². The summed E-state index contributed by atoms with van der Waals surface area (Å²) in [6.07, 6.45) is 3.63. The SMILES string of the molecule is Cc1ccc(Nc2nc(N)nc(N3CCCCC3)c2-c2ccccc2)cc1. The molecule has 1 aliphatic heterocycles. The minimum Gasteiger partial charge on any atom is -0.368 e. The van der Waals surface area contributed by atoms with Gasteiger partial charge in [0, 0.05) is 18.8 Å². The Bertz CT molecular complexity index is 900. The smallest absolute Gasteiger partial charge is 0.223 e. The van der Waals surface area contributed by atoms with Gasteiger partial charge in [-0.15, -0.1) is 0 Å². The summed E-state index contributed by atoms with van der Waals surface area (Å²) in [4.78, 5) is 11.5. The number of nitrogen functional groups attached to an aromatic ring is 1. The molecule has 1 saturated heterocycles. The van der Waals surface area contributed by atoms with E-state index in [0.29, 0.717) is 5.95 Å². The molecule has 0 aliphatic carbocycles. The molecule has 5 nitrogen and oxygen atoms in total. The second-order valence-corrected chi connectivity index (χ2v) is 7.03. The van der Waals surface area contributed by atoms with Gasteiger partial charge in [-0.05, 0) is 43.9 Å². The summed E-state index contributed by atoms with van der Waals surface area (Å²) in [6, 6.07) is 18.6. The van der Waals surface area contributed by atoms with E-state index in [1.165, 1.54) is 24.8 Å². The molecule has 1 aliphatic rings. The molecule has 0 spiro atoms. The largest absolute Gasteiger partial charge is 0.368 e. The number of rotatable bonds is 4. The molecule has 3 N–H and O–H groups in total. The third kappa shape index (κ3) is 3.87. The number of aromatic nitrogens is 2. The van der Waals surface area contributed by atoms with Crippen molar-refractivity contribution >= 4 is 23.3 Å². The summed E-state index contributed by atoms with van der Waals surface area (Å²) in [5.74, 6) is 1.96. The van der Waals surface area contributed by atoms with Crippen molar-refractivity contribution < 1.29 is 0 Å². The third-order valence-corrected chi connectivity index (χ3v) is 4.94. The summed E-state index contributed by atoms with van der Waals surface area (Å²) in [7, 11) is 0. The molecular formula is C22H25N5. The summed E-state index contributed by atoms with van der Waals surface area (Å²) in [5, 5.41) is 3.46. The number of aryl methyl sites for hydroxylation is 1. The first-order chi connectivity index (χ1) is 13.2. The van der Waals surface area contributed by atoms with Crippen LogP contribution in [0.4, 0.5) is 23.3 Å². The topological polar surface area (TPSA) is 67.1 Å². The number of hydrogen-bond donors (Lipinski definition) is 2. The van der Waals surface area contributed by atoms with E-state index < -0.39 is 0 Å². The Morgan fingerprint density at radius 1 is 0.889 bits per heavy atom. The van der Waals surface area contributed by atoms with Crippen molar-refractivity contribution in [3.05, 3.63) is 60.2 Å². The van der Waals surface area contributed by atoms with Crippen molar-refractivity contribution in [2.24, 2.45) is 0 Å². The number of nitrogens with one attached hydrogen (secondary N) is 1. The monoisotopic (exact) mass is 359 g/mol. The number of hydrogen-bond acceptors (Lipinski definition) is 5.